The predicted molar refractivity (Wildman–Crippen MR) is 58.3 cm³/mol. The van der Waals surface area contributed by atoms with E-state index in [9.17, 15) is 4.79 Å². The second-order valence-electron chi connectivity index (χ2n) is 4.42. The minimum absolute atomic E-state index is 0.0164. The van der Waals surface area contributed by atoms with Crippen LogP contribution in [0.25, 0.3) is 0 Å². The molecule has 0 spiro atoms. The van der Waals surface area contributed by atoms with E-state index in [2.05, 4.69) is 6.92 Å². The van der Waals surface area contributed by atoms with Gasteiger partial charge in [-0.2, -0.15) is 5.26 Å². The van der Waals surface area contributed by atoms with Crippen LogP contribution in [0.4, 0.5) is 0 Å². The Labute approximate surface area is 96.5 Å². The van der Waals surface area contributed by atoms with E-state index in [1.54, 1.807) is 6.26 Å². The summed E-state index contributed by atoms with van der Waals surface area (Å²) in [5.41, 5.74) is -0.325. The van der Waals surface area contributed by atoms with Gasteiger partial charge in [-0.1, -0.05) is 13.3 Å². The van der Waals surface area contributed by atoms with Crippen LogP contribution >= 0.6 is 0 Å². The topological polar surface area (TPSA) is 59.3 Å². The average Bonchev–Trinajstić information content (AvgIpc) is 2.30. The molecule has 0 aromatic heterocycles. The number of rotatable bonds is 4. The number of ether oxygens (including phenoxy) is 2. The Morgan fingerprint density at radius 3 is 2.56 bits per heavy atom. The SMILES string of the molecule is CCCC1(OC#N)CCC(C(=O)OC)CC1. The largest absolute Gasteiger partial charge is 0.469 e. The molecule has 0 saturated heterocycles. The molecule has 1 fully saturated rings. The number of methoxy groups -OCH3 is 1. The van der Waals surface area contributed by atoms with Gasteiger partial charge in [0.2, 0.25) is 0 Å². The zero-order valence-electron chi connectivity index (χ0n) is 9.99. The smallest absolute Gasteiger partial charge is 0.308 e. The van der Waals surface area contributed by atoms with Gasteiger partial charge in [0.1, 0.15) is 5.60 Å². The Morgan fingerprint density at radius 1 is 1.50 bits per heavy atom. The van der Waals surface area contributed by atoms with E-state index in [-0.39, 0.29) is 17.5 Å². The molecule has 1 aliphatic carbocycles. The van der Waals surface area contributed by atoms with Crippen LogP contribution in [0, 0.1) is 17.4 Å². The summed E-state index contributed by atoms with van der Waals surface area (Å²) in [4.78, 5) is 11.4. The summed E-state index contributed by atoms with van der Waals surface area (Å²) < 4.78 is 9.96. The van der Waals surface area contributed by atoms with Gasteiger partial charge in [0.25, 0.3) is 6.26 Å². The van der Waals surface area contributed by atoms with Crippen LogP contribution < -0.4 is 0 Å². The molecule has 4 heteroatoms. The highest BCUT2D eigenvalue weighted by molar-refractivity contribution is 5.72. The molecule has 0 unspecified atom stereocenters. The molecule has 1 rings (SSSR count). The molecule has 0 aromatic carbocycles. The van der Waals surface area contributed by atoms with Gasteiger partial charge < -0.3 is 9.47 Å². The first-order chi connectivity index (χ1) is 7.67. The van der Waals surface area contributed by atoms with Gasteiger partial charge in [-0.25, -0.2) is 0 Å². The van der Waals surface area contributed by atoms with Gasteiger partial charge in [0, 0.05) is 0 Å². The first kappa shape index (κ1) is 12.8. The number of nitrogens with zero attached hydrogens (tertiary/aromatic N) is 1. The summed E-state index contributed by atoms with van der Waals surface area (Å²) in [5.74, 6) is -0.153. The van der Waals surface area contributed by atoms with Crippen LogP contribution in [0.1, 0.15) is 45.4 Å². The zero-order chi connectivity index (χ0) is 12.0. The Morgan fingerprint density at radius 2 is 2.12 bits per heavy atom. The third kappa shape index (κ3) is 2.88. The van der Waals surface area contributed by atoms with Gasteiger partial charge in [-0.05, 0) is 32.1 Å². The molecule has 4 nitrogen and oxygen atoms in total. The minimum atomic E-state index is -0.325. The number of carbonyl (C=O) groups is 1. The van der Waals surface area contributed by atoms with Crippen LogP contribution in [0.3, 0.4) is 0 Å². The van der Waals surface area contributed by atoms with Gasteiger partial charge in [-0.3, -0.25) is 4.79 Å². The van der Waals surface area contributed by atoms with Gasteiger partial charge in [0.15, 0.2) is 0 Å². The first-order valence-corrected chi connectivity index (χ1v) is 5.82. The highest BCUT2D eigenvalue weighted by Gasteiger charge is 2.39. The van der Waals surface area contributed by atoms with Gasteiger partial charge >= 0.3 is 5.97 Å². The Kier molecular flexibility index (Phi) is 4.60. The summed E-state index contributed by atoms with van der Waals surface area (Å²) in [6, 6.07) is 0. The maximum absolute atomic E-state index is 11.4. The lowest BCUT2D eigenvalue weighted by Crippen LogP contribution is -2.37. The van der Waals surface area contributed by atoms with E-state index >= 15 is 0 Å². The maximum atomic E-state index is 11.4. The summed E-state index contributed by atoms with van der Waals surface area (Å²) in [7, 11) is 1.42. The molecule has 1 aliphatic rings. The van der Waals surface area contributed by atoms with Gasteiger partial charge in [-0.15, -0.1) is 0 Å². The van der Waals surface area contributed by atoms with Crippen molar-refractivity contribution >= 4 is 5.97 Å². The summed E-state index contributed by atoms with van der Waals surface area (Å²) in [6.07, 6.45) is 6.74. The number of hydrogen-bond donors (Lipinski definition) is 0. The summed E-state index contributed by atoms with van der Waals surface area (Å²) >= 11 is 0. The van der Waals surface area contributed by atoms with Crippen molar-refractivity contribution in [3.8, 4) is 6.26 Å². The molecule has 0 bridgehead atoms. The van der Waals surface area contributed by atoms with Crippen molar-refractivity contribution in [2.24, 2.45) is 5.92 Å². The fourth-order valence-electron chi connectivity index (χ4n) is 2.50. The van der Waals surface area contributed by atoms with E-state index in [4.69, 9.17) is 14.7 Å². The van der Waals surface area contributed by atoms with Crippen LogP contribution in [-0.4, -0.2) is 18.7 Å². The Hall–Kier alpha value is -1.24. The van der Waals surface area contributed by atoms with Crippen molar-refractivity contribution in [1.82, 2.24) is 0 Å². The predicted octanol–water partition coefficient (Wildman–Crippen LogP) is 2.39. The van der Waals surface area contributed by atoms with E-state index < -0.39 is 0 Å². The van der Waals surface area contributed by atoms with Gasteiger partial charge in [0.05, 0.1) is 13.0 Å². The van der Waals surface area contributed by atoms with Crippen molar-refractivity contribution in [3.05, 3.63) is 0 Å². The molecule has 1 saturated carbocycles. The fraction of sp³-hybridized carbons (Fsp3) is 0.833. The Bertz CT molecular complexity index is 274. The van der Waals surface area contributed by atoms with Crippen LogP contribution in [0.5, 0.6) is 0 Å². The zero-order valence-corrected chi connectivity index (χ0v) is 9.99. The van der Waals surface area contributed by atoms with Crippen molar-refractivity contribution in [2.75, 3.05) is 7.11 Å². The molecule has 0 aromatic rings. The van der Waals surface area contributed by atoms with Crippen LogP contribution in [0.15, 0.2) is 0 Å². The molecule has 0 N–H and O–H groups in total. The van der Waals surface area contributed by atoms with Crippen molar-refractivity contribution in [3.63, 3.8) is 0 Å². The summed E-state index contributed by atoms with van der Waals surface area (Å²) in [6.45, 7) is 2.08. The third-order valence-electron chi connectivity index (χ3n) is 3.40. The second-order valence-corrected chi connectivity index (χ2v) is 4.42. The molecule has 90 valence electrons. The molecule has 0 heterocycles. The number of esters is 1. The van der Waals surface area contributed by atoms with Crippen molar-refractivity contribution in [1.29, 1.82) is 5.26 Å². The Balaban J connectivity index is 2.56. The fourth-order valence-corrected chi connectivity index (χ4v) is 2.50. The van der Waals surface area contributed by atoms with Crippen LogP contribution in [0.2, 0.25) is 0 Å². The average molecular weight is 225 g/mol. The highest BCUT2D eigenvalue weighted by Crippen LogP contribution is 2.38. The number of hydrogen-bond acceptors (Lipinski definition) is 4. The monoisotopic (exact) mass is 225 g/mol. The molecule has 0 aliphatic heterocycles. The molecule has 0 atom stereocenters. The third-order valence-corrected chi connectivity index (χ3v) is 3.40. The molecule has 16 heavy (non-hydrogen) atoms. The molecule has 0 amide bonds. The lowest BCUT2D eigenvalue weighted by molar-refractivity contribution is -0.148. The lowest BCUT2D eigenvalue weighted by Gasteiger charge is -2.36. The minimum Gasteiger partial charge on any atom is -0.469 e. The normalized spacial score (nSPS) is 29.2. The molecule has 0 radical (unpaired) electrons. The van der Waals surface area contributed by atoms with E-state index in [1.165, 1.54) is 7.11 Å². The number of nitriles is 1. The molecular weight excluding hydrogens is 206 g/mol. The van der Waals surface area contributed by atoms with E-state index in [0.29, 0.717) is 0 Å². The van der Waals surface area contributed by atoms with Crippen molar-refractivity contribution < 1.29 is 14.3 Å². The summed E-state index contributed by atoms with van der Waals surface area (Å²) in [5, 5.41) is 8.67. The first-order valence-electron chi connectivity index (χ1n) is 5.82. The second kappa shape index (κ2) is 5.74. The van der Waals surface area contributed by atoms with Crippen molar-refractivity contribution in [2.45, 2.75) is 51.0 Å². The highest BCUT2D eigenvalue weighted by atomic mass is 16.5. The molecular formula is C12H19NO3. The number of carbonyl (C=O) groups excluding carboxylic acids is 1. The van der Waals surface area contributed by atoms with E-state index in [1.807, 2.05) is 0 Å². The van der Waals surface area contributed by atoms with Crippen LogP contribution in [-0.2, 0) is 14.3 Å². The van der Waals surface area contributed by atoms with E-state index in [0.717, 1.165) is 38.5 Å². The standard InChI is InChI=1S/C12H19NO3/c1-3-6-12(16-9-13)7-4-10(5-8-12)11(14)15-2/h10H,3-8H2,1-2H3. The quantitative estimate of drug-likeness (QED) is 0.544. The lowest BCUT2D eigenvalue weighted by atomic mass is 9.76. The maximum Gasteiger partial charge on any atom is 0.308 e.